The van der Waals surface area contributed by atoms with E-state index in [1.54, 1.807) is 24.3 Å². The Morgan fingerprint density at radius 1 is 0.963 bits per heavy atom. The average molecular weight is 368 g/mol. The van der Waals surface area contributed by atoms with Crippen LogP contribution in [0, 0.1) is 0 Å². The van der Waals surface area contributed by atoms with Crippen molar-refractivity contribution in [3.8, 4) is 0 Å². The molecular formula is C20H20N2O5. The second-order valence-electron chi connectivity index (χ2n) is 5.90. The zero-order chi connectivity index (χ0) is 19.8. The van der Waals surface area contributed by atoms with Gasteiger partial charge < -0.3 is 20.9 Å². The number of aromatic nitrogens is 1. The number of ketones is 1. The van der Waals surface area contributed by atoms with Crippen LogP contribution in [0.15, 0.2) is 60.8 Å². The molecule has 0 saturated carbocycles. The molecule has 140 valence electrons. The van der Waals surface area contributed by atoms with E-state index in [1.165, 1.54) is 0 Å². The molecule has 0 aliphatic carbocycles. The number of hydrogen-bond acceptors (Lipinski definition) is 4. The van der Waals surface area contributed by atoms with Crippen molar-refractivity contribution < 1.29 is 24.6 Å². The monoisotopic (exact) mass is 368 g/mol. The number of H-pyrrole nitrogens is 1. The molecule has 0 aliphatic heterocycles. The molecule has 0 bridgehead atoms. The fourth-order valence-electron chi connectivity index (χ4n) is 2.48. The third-order valence-corrected chi connectivity index (χ3v) is 3.88. The smallest absolute Gasteiger partial charge is 0.372 e. The van der Waals surface area contributed by atoms with Crippen LogP contribution < -0.4 is 5.73 Å². The Hall–Kier alpha value is -3.45. The molecule has 27 heavy (non-hydrogen) atoms. The lowest BCUT2D eigenvalue weighted by Gasteiger charge is -2.04. The van der Waals surface area contributed by atoms with Crippen molar-refractivity contribution in [2.75, 3.05) is 0 Å². The van der Waals surface area contributed by atoms with Crippen molar-refractivity contribution >= 4 is 28.6 Å². The number of carbonyl (C=O) groups excluding carboxylic acids is 1. The zero-order valence-corrected chi connectivity index (χ0v) is 14.5. The van der Waals surface area contributed by atoms with Crippen molar-refractivity contribution in [2.24, 2.45) is 5.73 Å². The van der Waals surface area contributed by atoms with Crippen molar-refractivity contribution in [3.63, 3.8) is 0 Å². The van der Waals surface area contributed by atoms with E-state index < -0.39 is 23.8 Å². The summed E-state index contributed by atoms with van der Waals surface area (Å²) < 4.78 is 0. The fraction of sp³-hybridized carbons (Fsp3) is 0.150. The Balaban J connectivity index is 0.000000199. The maximum absolute atomic E-state index is 10.7. The van der Waals surface area contributed by atoms with E-state index in [0.717, 1.165) is 22.0 Å². The molecule has 1 atom stereocenters. The molecule has 0 fully saturated rings. The molecule has 7 nitrogen and oxygen atoms in total. The van der Waals surface area contributed by atoms with Crippen molar-refractivity contribution in [1.29, 1.82) is 0 Å². The lowest BCUT2D eigenvalue weighted by molar-refractivity contribution is -0.148. The summed E-state index contributed by atoms with van der Waals surface area (Å²) in [6.07, 6.45) is 2.13. The summed E-state index contributed by atoms with van der Waals surface area (Å²) in [6, 6.07) is 15.7. The van der Waals surface area contributed by atoms with Gasteiger partial charge in [-0.2, -0.15) is 0 Å². The molecule has 7 heteroatoms. The largest absolute Gasteiger partial charge is 0.480 e. The Bertz CT molecular complexity index is 934. The van der Waals surface area contributed by atoms with E-state index in [0.29, 0.717) is 6.42 Å². The molecule has 2 aromatic carbocycles. The van der Waals surface area contributed by atoms with Gasteiger partial charge in [-0.3, -0.25) is 9.59 Å². The zero-order valence-electron chi connectivity index (χ0n) is 14.5. The second-order valence-corrected chi connectivity index (χ2v) is 5.90. The summed E-state index contributed by atoms with van der Waals surface area (Å²) in [5.74, 6) is -3.12. The summed E-state index contributed by atoms with van der Waals surface area (Å²) >= 11 is 0. The molecule has 1 aromatic heterocycles. The SMILES string of the molecule is N[C@@H](Cc1c[nH]c2ccccc12)C(=O)O.O=C(O)C(=O)Cc1ccccc1. The predicted octanol–water partition coefficient (Wildman–Crippen LogP) is 2.01. The first-order valence-electron chi connectivity index (χ1n) is 8.22. The molecule has 0 amide bonds. The molecule has 5 N–H and O–H groups in total. The van der Waals surface area contributed by atoms with Crippen LogP contribution in [0.3, 0.4) is 0 Å². The van der Waals surface area contributed by atoms with Crippen molar-refractivity contribution in [3.05, 3.63) is 71.9 Å². The summed E-state index contributed by atoms with van der Waals surface area (Å²) in [6.45, 7) is 0. The fourth-order valence-corrected chi connectivity index (χ4v) is 2.48. The summed E-state index contributed by atoms with van der Waals surface area (Å²) in [4.78, 5) is 34.6. The van der Waals surface area contributed by atoms with E-state index >= 15 is 0 Å². The number of carbonyl (C=O) groups is 3. The number of Topliss-reactive ketones (excluding diaryl/α,β-unsaturated/α-hetero) is 1. The van der Waals surface area contributed by atoms with Crippen LogP contribution in [0.5, 0.6) is 0 Å². The van der Waals surface area contributed by atoms with Gasteiger partial charge in [0.2, 0.25) is 5.78 Å². The average Bonchev–Trinajstić information content (AvgIpc) is 3.06. The molecule has 0 radical (unpaired) electrons. The van der Waals surface area contributed by atoms with E-state index in [1.807, 2.05) is 36.5 Å². The lowest BCUT2D eigenvalue weighted by Crippen LogP contribution is -2.32. The first kappa shape index (κ1) is 19.9. The van der Waals surface area contributed by atoms with Crippen LogP contribution in [0.4, 0.5) is 0 Å². The van der Waals surface area contributed by atoms with Crippen LogP contribution in [-0.2, 0) is 27.2 Å². The normalized spacial score (nSPS) is 11.3. The van der Waals surface area contributed by atoms with Gasteiger partial charge in [0.15, 0.2) is 0 Å². The quantitative estimate of drug-likeness (QED) is 0.492. The van der Waals surface area contributed by atoms with Gasteiger partial charge in [-0.05, 0) is 17.2 Å². The minimum absolute atomic E-state index is 0.0316. The molecular weight excluding hydrogens is 348 g/mol. The number of rotatable bonds is 6. The number of hydrogen-bond donors (Lipinski definition) is 4. The van der Waals surface area contributed by atoms with Crippen LogP contribution in [0.1, 0.15) is 11.1 Å². The van der Waals surface area contributed by atoms with Crippen LogP contribution in [0.25, 0.3) is 10.9 Å². The van der Waals surface area contributed by atoms with Gasteiger partial charge in [0.05, 0.1) is 0 Å². The maximum atomic E-state index is 10.7. The van der Waals surface area contributed by atoms with Gasteiger partial charge in [-0.1, -0.05) is 48.5 Å². The Morgan fingerprint density at radius 2 is 1.59 bits per heavy atom. The third kappa shape index (κ3) is 5.79. The second kappa shape index (κ2) is 9.30. The Morgan fingerprint density at radius 3 is 2.22 bits per heavy atom. The number of benzene rings is 2. The highest BCUT2D eigenvalue weighted by Crippen LogP contribution is 2.18. The topological polar surface area (TPSA) is 133 Å². The van der Waals surface area contributed by atoms with E-state index in [4.69, 9.17) is 15.9 Å². The van der Waals surface area contributed by atoms with Crippen LogP contribution in [0.2, 0.25) is 0 Å². The number of nitrogens with two attached hydrogens (primary N) is 1. The molecule has 0 unspecified atom stereocenters. The number of carboxylic acids is 2. The number of fused-ring (bicyclic) bond motifs is 1. The summed E-state index contributed by atoms with van der Waals surface area (Å²) in [5.41, 5.74) is 8.16. The number of nitrogens with one attached hydrogen (secondary N) is 1. The van der Waals surface area contributed by atoms with Crippen LogP contribution >= 0.6 is 0 Å². The highest BCUT2D eigenvalue weighted by Gasteiger charge is 2.14. The number of aromatic amines is 1. The van der Waals surface area contributed by atoms with Gasteiger partial charge in [0, 0.05) is 29.9 Å². The van der Waals surface area contributed by atoms with Gasteiger partial charge in [-0.15, -0.1) is 0 Å². The van der Waals surface area contributed by atoms with E-state index in [2.05, 4.69) is 4.98 Å². The molecule has 0 spiro atoms. The predicted molar refractivity (Wildman–Crippen MR) is 100 cm³/mol. The van der Waals surface area contributed by atoms with Gasteiger partial charge >= 0.3 is 11.9 Å². The minimum Gasteiger partial charge on any atom is -0.480 e. The van der Waals surface area contributed by atoms with E-state index in [-0.39, 0.29) is 6.42 Å². The minimum atomic E-state index is -1.38. The summed E-state index contributed by atoms with van der Waals surface area (Å²) in [7, 11) is 0. The third-order valence-electron chi connectivity index (χ3n) is 3.88. The van der Waals surface area contributed by atoms with E-state index in [9.17, 15) is 14.4 Å². The first-order chi connectivity index (χ1) is 12.9. The van der Waals surface area contributed by atoms with Gasteiger partial charge in [-0.25, -0.2) is 4.79 Å². The molecule has 0 saturated heterocycles. The van der Waals surface area contributed by atoms with Crippen LogP contribution in [-0.4, -0.2) is 39.0 Å². The van der Waals surface area contributed by atoms with Crippen molar-refractivity contribution in [1.82, 2.24) is 4.98 Å². The Labute approximate surface area is 155 Å². The number of carboxylic acid groups (broad SMARTS) is 2. The molecule has 1 heterocycles. The van der Waals surface area contributed by atoms with Gasteiger partial charge in [0.25, 0.3) is 0 Å². The first-order valence-corrected chi connectivity index (χ1v) is 8.22. The maximum Gasteiger partial charge on any atom is 0.372 e. The highest BCUT2D eigenvalue weighted by molar-refractivity contribution is 6.33. The Kier molecular flexibility index (Phi) is 6.85. The number of para-hydroxylation sites is 1. The van der Waals surface area contributed by atoms with Gasteiger partial charge in [0.1, 0.15) is 6.04 Å². The highest BCUT2D eigenvalue weighted by atomic mass is 16.4. The van der Waals surface area contributed by atoms with Crippen molar-refractivity contribution in [2.45, 2.75) is 18.9 Å². The summed E-state index contributed by atoms with van der Waals surface area (Å²) in [5, 5.41) is 18.0. The molecule has 3 aromatic rings. The lowest BCUT2D eigenvalue weighted by atomic mass is 10.1. The standard InChI is InChI=1S/C11H12N2O2.C9H8O3/c12-9(11(14)15)5-7-6-13-10-4-2-1-3-8(7)10;10-8(9(11)12)6-7-4-2-1-3-5-7/h1-4,6,9,13H,5,12H2,(H,14,15);1-5H,6H2,(H,11,12)/t9-;/m0./s1. The molecule has 3 rings (SSSR count). The number of aliphatic carboxylic acids is 2. The molecule has 0 aliphatic rings.